The Labute approximate surface area is 228 Å². The molecule has 1 aliphatic rings. The second kappa shape index (κ2) is 11.3. The van der Waals surface area contributed by atoms with E-state index in [1.165, 1.54) is 18.5 Å². The minimum atomic E-state index is -5.07. The van der Waals surface area contributed by atoms with Gasteiger partial charge in [0, 0.05) is 25.5 Å². The van der Waals surface area contributed by atoms with Crippen LogP contribution < -0.4 is 10.0 Å². The summed E-state index contributed by atoms with van der Waals surface area (Å²) in [6, 6.07) is 1.91. The largest absolute Gasteiger partial charge is 0.416 e. The van der Waals surface area contributed by atoms with E-state index in [-0.39, 0.29) is 36.0 Å². The van der Waals surface area contributed by atoms with Gasteiger partial charge in [-0.05, 0) is 36.6 Å². The number of alkyl halides is 6. The number of aliphatic hydroxyl groups excluding tert-OH is 1. The van der Waals surface area contributed by atoms with Gasteiger partial charge in [-0.15, -0.1) is 0 Å². The summed E-state index contributed by atoms with van der Waals surface area (Å²) in [6.45, 7) is -0.576. The lowest BCUT2D eigenvalue weighted by atomic mass is 10.0. The molecular formula is C23H22F6N6O5S. The number of aromatic nitrogens is 4. The summed E-state index contributed by atoms with van der Waals surface area (Å²) in [5.74, 6) is -0.699. The number of carbonyl (C=O) groups excluding carboxylic acids is 1. The van der Waals surface area contributed by atoms with Crippen molar-refractivity contribution in [3.63, 3.8) is 0 Å². The fourth-order valence-corrected chi connectivity index (χ4v) is 4.88. The van der Waals surface area contributed by atoms with Gasteiger partial charge in [0.15, 0.2) is 0 Å². The first-order chi connectivity index (χ1) is 19.1. The fourth-order valence-electron chi connectivity index (χ4n) is 4.25. The van der Waals surface area contributed by atoms with Gasteiger partial charge < -0.3 is 10.4 Å². The molecule has 11 nitrogen and oxygen atoms in total. The molecule has 4 rings (SSSR count). The van der Waals surface area contributed by atoms with Gasteiger partial charge in [-0.25, -0.2) is 9.97 Å². The molecule has 1 aliphatic carbocycles. The van der Waals surface area contributed by atoms with Crippen LogP contribution in [0.15, 0.2) is 43.0 Å². The molecule has 0 saturated heterocycles. The molecule has 0 amide bonds. The van der Waals surface area contributed by atoms with Crippen molar-refractivity contribution in [1.29, 1.82) is 0 Å². The van der Waals surface area contributed by atoms with E-state index >= 15 is 0 Å². The molecule has 3 N–H and O–H groups in total. The highest BCUT2D eigenvalue weighted by Crippen LogP contribution is 2.37. The maximum atomic E-state index is 13.5. The van der Waals surface area contributed by atoms with Crippen molar-refractivity contribution in [2.75, 3.05) is 12.4 Å². The van der Waals surface area contributed by atoms with Crippen molar-refractivity contribution in [3.8, 4) is 0 Å². The minimum absolute atomic E-state index is 0.0217. The zero-order valence-corrected chi connectivity index (χ0v) is 21.8. The Balaban J connectivity index is 1.52. The normalized spacial score (nSPS) is 19.9. The predicted molar refractivity (Wildman–Crippen MR) is 129 cm³/mol. The van der Waals surface area contributed by atoms with Gasteiger partial charge >= 0.3 is 22.7 Å². The topological polar surface area (TPSA) is 148 Å². The Morgan fingerprint density at radius 3 is 2.54 bits per heavy atom. The number of carbonyl (C=O) groups is 1. The molecule has 1 fully saturated rings. The van der Waals surface area contributed by atoms with Gasteiger partial charge in [0.05, 0.1) is 29.3 Å². The Hall–Kier alpha value is -3.61. The number of aliphatic hydroxyl groups is 1. The van der Waals surface area contributed by atoms with E-state index < -0.39 is 69.9 Å². The van der Waals surface area contributed by atoms with Gasteiger partial charge in [-0.2, -0.15) is 44.6 Å². The van der Waals surface area contributed by atoms with Gasteiger partial charge in [-0.1, -0.05) is 6.07 Å². The molecular weight excluding hydrogens is 586 g/mol. The van der Waals surface area contributed by atoms with Crippen molar-refractivity contribution in [2.24, 2.45) is 0 Å². The molecule has 222 valence electrons. The predicted octanol–water partition coefficient (Wildman–Crippen LogP) is 2.77. The van der Waals surface area contributed by atoms with E-state index in [0.29, 0.717) is 12.1 Å². The van der Waals surface area contributed by atoms with Gasteiger partial charge in [-0.3, -0.25) is 13.7 Å². The number of benzene rings is 1. The van der Waals surface area contributed by atoms with E-state index in [2.05, 4.69) is 20.4 Å². The zero-order chi connectivity index (χ0) is 30.2. The zero-order valence-electron chi connectivity index (χ0n) is 20.9. The third kappa shape index (κ3) is 7.19. The highest BCUT2D eigenvalue weighted by molar-refractivity contribution is 7.84. The number of nitrogens with zero attached hydrogens (tertiary/aromatic N) is 4. The third-order valence-electron chi connectivity index (χ3n) is 6.22. The van der Waals surface area contributed by atoms with Crippen LogP contribution in [-0.2, 0) is 33.4 Å². The highest BCUT2D eigenvalue weighted by atomic mass is 32.2. The van der Waals surface area contributed by atoms with Crippen LogP contribution in [0.4, 0.5) is 32.2 Å². The molecule has 0 spiro atoms. The van der Waals surface area contributed by atoms with Crippen LogP contribution in [0.25, 0.3) is 0 Å². The first-order valence-corrected chi connectivity index (χ1v) is 13.2. The fraction of sp³-hybridized carbons (Fsp3) is 0.391. The number of anilines is 1. The Kier molecular flexibility index (Phi) is 8.40. The van der Waals surface area contributed by atoms with Crippen LogP contribution in [0.3, 0.4) is 0 Å². The number of hydrogen-bond acceptors (Lipinski definition) is 9. The van der Waals surface area contributed by atoms with Crippen LogP contribution in [-0.4, -0.2) is 64.4 Å². The summed E-state index contributed by atoms with van der Waals surface area (Å²) in [5, 5.41) is 17.1. The van der Waals surface area contributed by atoms with Crippen molar-refractivity contribution in [2.45, 2.75) is 50.0 Å². The van der Waals surface area contributed by atoms with E-state index in [1.807, 2.05) is 4.72 Å². The number of hydrogen-bond donors (Lipinski definition) is 3. The monoisotopic (exact) mass is 608 g/mol. The van der Waals surface area contributed by atoms with Crippen LogP contribution in [0.2, 0.25) is 0 Å². The molecule has 2 heterocycles. The maximum Gasteiger partial charge on any atom is 0.416 e. The van der Waals surface area contributed by atoms with Crippen LogP contribution in [0, 0.1) is 0 Å². The number of ketones is 1. The molecule has 18 heteroatoms. The molecule has 3 atom stereocenters. The molecule has 2 aromatic heterocycles. The van der Waals surface area contributed by atoms with E-state index in [0.717, 1.165) is 18.1 Å². The third-order valence-corrected chi connectivity index (χ3v) is 7.22. The lowest BCUT2D eigenvalue weighted by Gasteiger charge is -2.16. The van der Waals surface area contributed by atoms with Gasteiger partial charge in [0.1, 0.15) is 23.9 Å². The number of rotatable bonds is 9. The highest BCUT2D eigenvalue weighted by Gasteiger charge is 2.39. The standard InChI is InChI=1S/C23H22F6N6O5S/c1-30-41(38,39)40-19-8-14(7-18(19)36)33-21-15(9-31-11-32-21)20(37)17-4-5-35(34-17)10-12-2-3-13(22(24,25)26)6-16(12)23(27,28)29/h2-6,9,11,14,18-19,30,36H,7-8,10H2,1H3,(H,31,32,33)/t14-,18+,19-/m1/s1. The first kappa shape index (κ1) is 30.4. The van der Waals surface area contributed by atoms with E-state index in [4.69, 9.17) is 4.18 Å². The van der Waals surface area contributed by atoms with Gasteiger partial charge in [0.2, 0.25) is 5.78 Å². The Morgan fingerprint density at radius 1 is 1.15 bits per heavy atom. The molecule has 1 saturated carbocycles. The molecule has 41 heavy (non-hydrogen) atoms. The summed E-state index contributed by atoms with van der Waals surface area (Å²) in [7, 11) is -2.93. The Morgan fingerprint density at radius 2 is 1.88 bits per heavy atom. The molecule has 0 unspecified atom stereocenters. The summed E-state index contributed by atoms with van der Waals surface area (Å²) in [4.78, 5) is 21.0. The quantitative estimate of drug-likeness (QED) is 0.246. The summed E-state index contributed by atoms with van der Waals surface area (Å²) in [5.41, 5.74) is -3.72. The van der Waals surface area contributed by atoms with Crippen LogP contribution in [0.5, 0.6) is 0 Å². The summed E-state index contributed by atoms with van der Waals surface area (Å²) < 4.78 is 111. The van der Waals surface area contributed by atoms with Crippen molar-refractivity contribution in [1.82, 2.24) is 24.5 Å². The smallest absolute Gasteiger partial charge is 0.390 e. The van der Waals surface area contributed by atoms with Crippen molar-refractivity contribution < 1.29 is 48.8 Å². The summed E-state index contributed by atoms with van der Waals surface area (Å²) >= 11 is 0. The molecule has 3 aromatic rings. The lowest BCUT2D eigenvalue weighted by molar-refractivity contribution is -0.143. The second-order valence-electron chi connectivity index (χ2n) is 9.05. The number of nitrogens with one attached hydrogen (secondary N) is 2. The van der Waals surface area contributed by atoms with Gasteiger partial charge in [0.25, 0.3) is 0 Å². The molecule has 0 aliphatic heterocycles. The average Bonchev–Trinajstić information content (AvgIpc) is 3.48. The molecule has 0 radical (unpaired) electrons. The van der Waals surface area contributed by atoms with Crippen LogP contribution >= 0.6 is 0 Å². The average molecular weight is 609 g/mol. The molecule has 1 aromatic carbocycles. The number of halogens is 6. The lowest BCUT2D eigenvalue weighted by Crippen LogP contribution is -2.31. The second-order valence-corrected chi connectivity index (χ2v) is 10.6. The van der Waals surface area contributed by atoms with E-state index in [1.54, 1.807) is 0 Å². The summed E-state index contributed by atoms with van der Waals surface area (Å²) in [6.07, 6.45) is -8.65. The minimum Gasteiger partial charge on any atom is -0.390 e. The van der Waals surface area contributed by atoms with Crippen LogP contribution in [0.1, 0.15) is 45.6 Å². The van der Waals surface area contributed by atoms with Crippen molar-refractivity contribution in [3.05, 3.63) is 70.9 Å². The molecule has 0 bridgehead atoms. The maximum absolute atomic E-state index is 13.5. The Bertz CT molecular complexity index is 1530. The van der Waals surface area contributed by atoms with E-state index in [9.17, 15) is 44.7 Å². The first-order valence-electron chi connectivity index (χ1n) is 11.8. The SMILES string of the molecule is CNS(=O)(=O)O[C@@H]1C[C@H](Nc2ncncc2C(=O)c2ccn(Cc3ccc(C(F)(F)F)cc3C(F)(F)F)n2)C[C@@H]1O. The van der Waals surface area contributed by atoms with Crippen molar-refractivity contribution >= 4 is 21.9 Å².